The summed E-state index contributed by atoms with van der Waals surface area (Å²) >= 11 is 0. The van der Waals surface area contributed by atoms with E-state index in [0.29, 0.717) is 6.61 Å². The molecule has 2 aromatic rings. The minimum atomic E-state index is -0.157. The average Bonchev–Trinajstić information content (AvgIpc) is 2.69. The van der Waals surface area contributed by atoms with Gasteiger partial charge < -0.3 is 19.3 Å². The van der Waals surface area contributed by atoms with Crippen LogP contribution in [0.4, 0.5) is 11.6 Å². The lowest BCUT2D eigenvalue weighted by atomic mass is 9.90. The van der Waals surface area contributed by atoms with Gasteiger partial charge in [0.25, 0.3) is 0 Å². The third-order valence-corrected chi connectivity index (χ3v) is 5.06. The molecule has 0 unspecified atom stereocenters. The number of methoxy groups -OCH3 is 1. The fourth-order valence-corrected chi connectivity index (χ4v) is 3.83. The van der Waals surface area contributed by atoms with Crippen LogP contribution in [0.3, 0.4) is 0 Å². The van der Waals surface area contributed by atoms with Crippen molar-refractivity contribution < 1.29 is 9.47 Å². The summed E-state index contributed by atoms with van der Waals surface area (Å²) in [5.74, 6) is 1.68. The van der Waals surface area contributed by atoms with Crippen LogP contribution in [0.15, 0.2) is 42.7 Å². The lowest BCUT2D eigenvalue weighted by Crippen LogP contribution is -2.60. The highest BCUT2D eigenvalue weighted by atomic mass is 16.5. The number of aromatic nitrogens is 2. The first kappa shape index (κ1) is 16.1. The van der Waals surface area contributed by atoms with Gasteiger partial charge in [0.15, 0.2) is 0 Å². The largest absolute Gasteiger partial charge is 0.497 e. The van der Waals surface area contributed by atoms with E-state index in [2.05, 4.69) is 31.9 Å². The number of hydrogen-bond donors (Lipinski definition) is 0. The van der Waals surface area contributed by atoms with Crippen molar-refractivity contribution in [3.8, 4) is 5.75 Å². The summed E-state index contributed by atoms with van der Waals surface area (Å²) in [5, 5.41) is 0. The number of benzene rings is 1. The van der Waals surface area contributed by atoms with Gasteiger partial charge in [0.05, 0.1) is 20.3 Å². The molecule has 1 spiro atoms. The molecule has 2 aliphatic rings. The maximum absolute atomic E-state index is 6.29. The highest BCUT2D eigenvalue weighted by molar-refractivity contribution is 5.50. The Bertz CT molecular complexity index is 690. The molecule has 4 rings (SSSR count). The third kappa shape index (κ3) is 3.39. The third-order valence-electron chi connectivity index (χ3n) is 5.06. The number of anilines is 2. The van der Waals surface area contributed by atoms with E-state index in [4.69, 9.17) is 9.47 Å². The molecule has 132 valence electrons. The molecule has 0 radical (unpaired) electrons. The number of hydrogen-bond acceptors (Lipinski definition) is 6. The molecule has 25 heavy (non-hydrogen) atoms. The minimum absolute atomic E-state index is 0.157. The van der Waals surface area contributed by atoms with Crippen molar-refractivity contribution in [1.29, 1.82) is 0 Å². The van der Waals surface area contributed by atoms with Crippen molar-refractivity contribution in [1.82, 2.24) is 9.97 Å². The Hall–Kier alpha value is -2.34. The summed E-state index contributed by atoms with van der Waals surface area (Å²) in [5.41, 5.74) is 1.06. The number of ether oxygens (including phenoxy) is 2. The predicted molar refractivity (Wildman–Crippen MR) is 97.4 cm³/mol. The van der Waals surface area contributed by atoms with Gasteiger partial charge in [0.2, 0.25) is 5.95 Å². The van der Waals surface area contributed by atoms with Crippen LogP contribution >= 0.6 is 0 Å². The zero-order chi connectivity index (χ0) is 17.1. The second-order valence-electron chi connectivity index (χ2n) is 6.72. The molecule has 0 aliphatic carbocycles. The quantitative estimate of drug-likeness (QED) is 0.855. The van der Waals surface area contributed by atoms with E-state index in [1.165, 1.54) is 5.69 Å². The molecular formula is C19H24N4O2. The summed E-state index contributed by atoms with van der Waals surface area (Å²) in [6, 6.07) is 10.1. The monoisotopic (exact) mass is 340 g/mol. The molecule has 2 fully saturated rings. The maximum Gasteiger partial charge on any atom is 0.225 e. The lowest BCUT2D eigenvalue weighted by molar-refractivity contribution is -0.0632. The Morgan fingerprint density at radius 1 is 1.04 bits per heavy atom. The summed E-state index contributed by atoms with van der Waals surface area (Å²) in [6.07, 6.45) is 5.79. The number of morpholine rings is 1. The number of rotatable bonds is 3. The Labute approximate surface area is 148 Å². The van der Waals surface area contributed by atoms with Crippen LogP contribution in [0, 0.1) is 0 Å². The van der Waals surface area contributed by atoms with Gasteiger partial charge in [0, 0.05) is 37.7 Å². The van der Waals surface area contributed by atoms with Gasteiger partial charge in [-0.2, -0.15) is 0 Å². The van der Waals surface area contributed by atoms with Crippen molar-refractivity contribution in [3.05, 3.63) is 42.7 Å². The topological polar surface area (TPSA) is 50.7 Å². The molecule has 6 heteroatoms. The van der Waals surface area contributed by atoms with Crippen LogP contribution < -0.4 is 14.5 Å². The van der Waals surface area contributed by atoms with E-state index in [0.717, 1.165) is 50.7 Å². The van der Waals surface area contributed by atoms with E-state index in [9.17, 15) is 0 Å². The molecule has 2 saturated heterocycles. The highest BCUT2D eigenvalue weighted by Crippen LogP contribution is 2.33. The smallest absolute Gasteiger partial charge is 0.225 e. The molecule has 1 aromatic carbocycles. The van der Waals surface area contributed by atoms with Crippen LogP contribution in [-0.4, -0.2) is 55.5 Å². The van der Waals surface area contributed by atoms with E-state index < -0.39 is 0 Å². The Kier molecular flexibility index (Phi) is 4.44. The van der Waals surface area contributed by atoms with Gasteiger partial charge in [-0.25, -0.2) is 9.97 Å². The van der Waals surface area contributed by atoms with Gasteiger partial charge in [-0.15, -0.1) is 0 Å². The second kappa shape index (κ2) is 6.88. The first-order valence-electron chi connectivity index (χ1n) is 8.83. The average molecular weight is 340 g/mol. The fourth-order valence-electron chi connectivity index (χ4n) is 3.83. The summed E-state index contributed by atoms with van der Waals surface area (Å²) in [6.45, 7) is 4.34. The highest BCUT2D eigenvalue weighted by Gasteiger charge is 2.41. The molecule has 0 saturated carbocycles. The Morgan fingerprint density at radius 3 is 2.56 bits per heavy atom. The molecule has 0 bridgehead atoms. The Balaban J connectivity index is 1.50. The van der Waals surface area contributed by atoms with E-state index in [1.54, 1.807) is 19.5 Å². The molecule has 6 nitrogen and oxygen atoms in total. The van der Waals surface area contributed by atoms with Crippen molar-refractivity contribution in [3.63, 3.8) is 0 Å². The van der Waals surface area contributed by atoms with Gasteiger partial charge in [-0.05, 0) is 43.2 Å². The maximum atomic E-state index is 6.29. The fraction of sp³-hybridized carbons (Fsp3) is 0.474. The van der Waals surface area contributed by atoms with E-state index in [-0.39, 0.29) is 5.60 Å². The predicted octanol–water partition coefficient (Wildman–Crippen LogP) is 2.36. The molecule has 2 aliphatic heterocycles. The van der Waals surface area contributed by atoms with E-state index >= 15 is 0 Å². The lowest BCUT2D eigenvalue weighted by Gasteiger charge is -2.48. The van der Waals surface area contributed by atoms with Gasteiger partial charge in [-0.3, -0.25) is 0 Å². The second-order valence-corrected chi connectivity index (χ2v) is 6.72. The molecule has 1 atom stereocenters. The molecule has 3 heterocycles. The summed E-state index contributed by atoms with van der Waals surface area (Å²) in [7, 11) is 1.70. The van der Waals surface area contributed by atoms with Crippen molar-refractivity contribution in [2.45, 2.75) is 18.4 Å². The molecule has 0 N–H and O–H groups in total. The molecule has 0 amide bonds. The summed E-state index contributed by atoms with van der Waals surface area (Å²) in [4.78, 5) is 13.5. The zero-order valence-electron chi connectivity index (χ0n) is 14.6. The van der Waals surface area contributed by atoms with Gasteiger partial charge in [-0.1, -0.05) is 0 Å². The van der Waals surface area contributed by atoms with Crippen molar-refractivity contribution >= 4 is 11.6 Å². The molecule has 1 aromatic heterocycles. The van der Waals surface area contributed by atoms with Crippen LogP contribution in [0.25, 0.3) is 0 Å². The van der Waals surface area contributed by atoms with Crippen molar-refractivity contribution in [2.75, 3.05) is 49.7 Å². The molecular weight excluding hydrogens is 316 g/mol. The first-order valence-corrected chi connectivity index (χ1v) is 8.83. The SMILES string of the molecule is COc1ccc(N2CCC[C@@]3(C2)CN(c2ncccn2)CCO3)cc1. The van der Waals surface area contributed by atoms with E-state index in [1.807, 2.05) is 18.2 Å². The van der Waals surface area contributed by atoms with Crippen LogP contribution in [-0.2, 0) is 4.74 Å². The number of nitrogens with zero attached hydrogens (tertiary/aromatic N) is 4. The zero-order valence-corrected chi connectivity index (χ0v) is 14.6. The van der Waals surface area contributed by atoms with Gasteiger partial charge >= 0.3 is 0 Å². The first-order chi connectivity index (χ1) is 12.3. The van der Waals surface area contributed by atoms with Crippen LogP contribution in [0.2, 0.25) is 0 Å². The van der Waals surface area contributed by atoms with Gasteiger partial charge in [0.1, 0.15) is 11.4 Å². The Morgan fingerprint density at radius 2 is 1.80 bits per heavy atom. The normalized spacial score (nSPS) is 23.7. The van der Waals surface area contributed by atoms with Crippen LogP contribution in [0.5, 0.6) is 5.75 Å². The van der Waals surface area contributed by atoms with Crippen LogP contribution in [0.1, 0.15) is 12.8 Å². The number of piperidine rings is 1. The summed E-state index contributed by atoms with van der Waals surface area (Å²) < 4.78 is 11.6. The van der Waals surface area contributed by atoms with Crippen molar-refractivity contribution in [2.24, 2.45) is 0 Å². The standard InChI is InChI=1S/C19H24N4O2/c1-24-17-6-4-16(5-7-17)22-11-2-8-19(14-22)15-23(12-13-25-19)18-20-9-3-10-21-18/h3-7,9-10H,2,8,11-15H2,1H3/t19-/m1/s1. The minimum Gasteiger partial charge on any atom is -0.497 e.